The third-order valence-electron chi connectivity index (χ3n) is 1.83. The average molecular weight is 184 g/mol. The molecule has 0 saturated heterocycles. The van der Waals surface area contributed by atoms with Gasteiger partial charge in [-0.3, -0.25) is 0 Å². The highest BCUT2D eigenvalue weighted by Crippen LogP contribution is 2.25. The van der Waals surface area contributed by atoms with Crippen LogP contribution in [0.25, 0.3) is 0 Å². The molecule has 0 aliphatic rings. The van der Waals surface area contributed by atoms with Crippen molar-refractivity contribution in [2.75, 3.05) is 5.75 Å². The molecular formula is C10H13FS. The van der Waals surface area contributed by atoms with Crippen LogP contribution in [0.5, 0.6) is 0 Å². The molecule has 2 heteroatoms. The van der Waals surface area contributed by atoms with Crippen molar-refractivity contribution in [3.05, 3.63) is 29.1 Å². The van der Waals surface area contributed by atoms with E-state index in [1.807, 2.05) is 19.1 Å². The minimum absolute atomic E-state index is 0.0616. The molecule has 0 N–H and O–H groups in total. The third-order valence-corrected chi connectivity index (χ3v) is 2.87. The summed E-state index contributed by atoms with van der Waals surface area (Å²) in [5, 5.41) is 0. The summed E-state index contributed by atoms with van der Waals surface area (Å²) in [6.07, 6.45) is 0. The molecule has 0 fully saturated rings. The number of benzene rings is 1. The summed E-state index contributed by atoms with van der Waals surface area (Å²) < 4.78 is 13.3. The van der Waals surface area contributed by atoms with E-state index in [1.54, 1.807) is 18.7 Å². The number of thioether (sulfide) groups is 1. The molecule has 1 aromatic carbocycles. The molecule has 0 saturated carbocycles. The summed E-state index contributed by atoms with van der Waals surface area (Å²) >= 11 is 1.68. The van der Waals surface area contributed by atoms with Gasteiger partial charge in [-0.25, -0.2) is 4.39 Å². The maximum Gasteiger partial charge on any atom is 0.130 e. The molecule has 0 spiro atoms. The van der Waals surface area contributed by atoms with Crippen molar-refractivity contribution in [2.24, 2.45) is 0 Å². The van der Waals surface area contributed by atoms with Crippen molar-refractivity contribution in [2.45, 2.75) is 25.7 Å². The summed E-state index contributed by atoms with van der Waals surface area (Å²) in [7, 11) is 0. The Balaban J connectivity index is 3.08. The standard InChI is InChI=1S/C10H13FS/c1-4-12-9-6-5-7(2)10(11)8(9)3/h5-6H,4H2,1-3H3. The van der Waals surface area contributed by atoms with E-state index in [2.05, 4.69) is 6.92 Å². The lowest BCUT2D eigenvalue weighted by Crippen LogP contribution is -1.90. The highest BCUT2D eigenvalue weighted by Gasteiger charge is 2.05. The van der Waals surface area contributed by atoms with Gasteiger partial charge >= 0.3 is 0 Å². The van der Waals surface area contributed by atoms with E-state index in [1.165, 1.54) is 0 Å². The van der Waals surface area contributed by atoms with E-state index >= 15 is 0 Å². The second-order valence-corrected chi connectivity index (χ2v) is 4.06. The Hall–Kier alpha value is -0.500. The fraction of sp³-hybridized carbons (Fsp3) is 0.400. The zero-order valence-electron chi connectivity index (χ0n) is 7.65. The molecule has 0 aliphatic heterocycles. The third kappa shape index (κ3) is 1.81. The first-order valence-electron chi connectivity index (χ1n) is 4.05. The lowest BCUT2D eigenvalue weighted by Gasteiger charge is -2.06. The quantitative estimate of drug-likeness (QED) is 0.633. The molecule has 0 radical (unpaired) electrons. The van der Waals surface area contributed by atoms with Crippen LogP contribution in [-0.4, -0.2) is 5.75 Å². The smallest absolute Gasteiger partial charge is 0.130 e. The molecule has 0 amide bonds. The second-order valence-electron chi connectivity index (χ2n) is 2.75. The van der Waals surface area contributed by atoms with Gasteiger partial charge in [-0.15, -0.1) is 11.8 Å². The topological polar surface area (TPSA) is 0 Å². The minimum Gasteiger partial charge on any atom is -0.206 e. The Morgan fingerprint density at radius 1 is 1.33 bits per heavy atom. The average Bonchev–Trinajstić information content (AvgIpc) is 2.07. The lowest BCUT2D eigenvalue weighted by atomic mass is 10.1. The fourth-order valence-corrected chi connectivity index (χ4v) is 1.90. The molecular weight excluding hydrogens is 171 g/mol. The van der Waals surface area contributed by atoms with Crippen molar-refractivity contribution in [3.63, 3.8) is 0 Å². The Labute approximate surface area is 77.2 Å². The van der Waals surface area contributed by atoms with Crippen molar-refractivity contribution >= 4 is 11.8 Å². The Morgan fingerprint density at radius 3 is 2.58 bits per heavy atom. The normalized spacial score (nSPS) is 10.3. The maximum absolute atomic E-state index is 13.3. The Kier molecular flexibility index (Phi) is 3.15. The highest BCUT2D eigenvalue weighted by atomic mass is 32.2. The van der Waals surface area contributed by atoms with Crippen LogP contribution in [0.2, 0.25) is 0 Å². The van der Waals surface area contributed by atoms with Gasteiger partial charge in [0.05, 0.1) is 0 Å². The molecule has 1 rings (SSSR count). The number of aryl methyl sites for hydroxylation is 1. The van der Waals surface area contributed by atoms with Gasteiger partial charge in [-0.2, -0.15) is 0 Å². The fourth-order valence-electron chi connectivity index (χ4n) is 1.11. The summed E-state index contributed by atoms with van der Waals surface area (Å²) in [5.74, 6) is 0.928. The van der Waals surface area contributed by atoms with Gasteiger partial charge in [0.25, 0.3) is 0 Å². The molecule has 0 bridgehead atoms. The molecule has 0 atom stereocenters. The SMILES string of the molecule is CCSc1ccc(C)c(F)c1C. The zero-order valence-corrected chi connectivity index (χ0v) is 8.46. The van der Waals surface area contributed by atoms with Gasteiger partial charge < -0.3 is 0 Å². The predicted molar refractivity (Wildman–Crippen MR) is 52.3 cm³/mol. The van der Waals surface area contributed by atoms with Crippen molar-refractivity contribution in [1.29, 1.82) is 0 Å². The highest BCUT2D eigenvalue weighted by molar-refractivity contribution is 7.99. The van der Waals surface area contributed by atoms with E-state index in [0.29, 0.717) is 0 Å². The minimum atomic E-state index is -0.0616. The van der Waals surface area contributed by atoms with Gasteiger partial charge in [0.15, 0.2) is 0 Å². The van der Waals surface area contributed by atoms with Gasteiger partial charge in [0.1, 0.15) is 5.82 Å². The van der Waals surface area contributed by atoms with E-state index in [-0.39, 0.29) is 5.82 Å². The molecule has 0 aliphatic carbocycles. The van der Waals surface area contributed by atoms with Gasteiger partial charge in [-0.05, 0) is 36.8 Å². The first-order valence-corrected chi connectivity index (χ1v) is 5.04. The molecule has 1 aromatic rings. The van der Waals surface area contributed by atoms with Crippen LogP contribution in [0, 0.1) is 19.7 Å². The number of rotatable bonds is 2. The summed E-state index contributed by atoms with van der Waals surface area (Å²) in [5.41, 5.74) is 1.51. The Bertz CT molecular complexity index is 281. The van der Waals surface area contributed by atoms with Crippen LogP contribution in [-0.2, 0) is 0 Å². The molecule has 0 heterocycles. The van der Waals surface area contributed by atoms with Crippen LogP contribution in [0.4, 0.5) is 4.39 Å². The Morgan fingerprint density at radius 2 is 2.00 bits per heavy atom. The first kappa shape index (κ1) is 9.59. The van der Waals surface area contributed by atoms with Crippen LogP contribution in [0.15, 0.2) is 17.0 Å². The van der Waals surface area contributed by atoms with Crippen LogP contribution in [0.3, 0.4) is 0 Å². The summed E-state index contributed by atoms with van der Waals surface area (Å²) in [6.45, 7) is 5.70. The van der Waals surface area contributed by atoms with Gasteiger partial charge in [0, 0.05) is 4.90 Å². The predicted octanol–water partition coefficient (Wildman–Crippen LogP) is 3.55. The van der Waals surface area contributed by atoms with E-state index < -0.39 is 0 Å². The van der Waals surface area contributed by atoms with Gasteiger partial charge in [0.2, 0.25) is 0 Å². The summed E-state index contributed by atoms with van der Waals surface area (Å²) in [6, 6.07) is 3.82. The number of halogens is 1. The molecule has 0 aromatic heterocycles. The molecule has 66 valence electrons. The van der Waals surface area contributed by atoms with Crippen LogP contribution < -0.4 is 0 Å². The molecule has 0 unspecified atom stereocenters. The second kappa shape index (κ2) is 3.94. The van der Waals surface area contributed by atoms with E-state index in [0.717, 1.165) is 21.8 Å². The largest absolute Gasteiger partial charge is 0.206 e. The van der Waals surface area contributed by atoms with Gasteiger partial charge in [-0.1, -0.05) is 13.0 Å². The van der Waals surface area contributed by atoms with Crippen molar-refractivity contribution in [3.8, 4) is 0 Å². The molecule has 12 heavy (non-hydrogen) atoms. The first-order chi connectivity index (χ1) is 5.66. The van der Waals surface area contributed by atoms with Crippen LogP contribution in [0.1, 0.15) is 18.1 Å². The van der Waals surface area contributed by atoms with Crippen molar-refractivity contribution < 1.29 is 4.39 Å². The van der Waals surface area contributed by atoms with E-state index in [9.17, 15) is 4.39 Å². The maximum atomic E-state index is 13.3. The van der Waals surface area contributed by atoms with Crippen molar-refractivity contribution in [1.82, 2.24) is 0 Å². The monoisotopic (exact) mass is 184 g/mol. The molecule has 0 nitrogen and oxygen atoms in total. The lowest BCUT2D eigenvalue weighted by molar-refractivity contribution is 0.604. The number of hydrogen-bond donors (Lipinski definition) is 0. The zero-order chi connectivity index (χ0) is 9.14. The number of hydrogen-bond acceptors (Lipinski definition) is 1. The van der Waals surface area contributed by atoms with E-state index in [4.69, 9.17) is 0 Å². The van der Waals surface area contributed by atoms with Crippen LogP contribution >= 0.6 is 11.8 Å². The summed E-state index contributed by atoms with van der Waals surface area (Å²) in [4.78, 5) is 1.06.